The molecular formula is C18H28BrNO3. The monoisotopic (exact) mass is 385 g/mol. The quantitative estimate of drug-likeness (QED) is 0.697. The zero-order chi connectivity index (χ0) is 16.7. The molecule has 23 heavy (non-hydrogen) atoms. The molecule has 0 radical (unpaired) electrons. The lowest BCUT2D eigenvalue weighted by Crippen LogP contribution is -2.43. The van der Waals surface area contributed by atoms with Crippen LogP contribution in [0.4, 0.5) is 0 Å². The summed E-state index contributed by atoms with van der Waals surface area (Å²) >= 11 is 3.44. The Labute approximate surface area is 147 Å². The highest BCUT2D eigenvalue weighted by Crippen LogP contribution is 2.23. The summed E-state index contributed by atoms with van der Waals surface area (Å²) in [5, 5.41) is 10.1. The summed E-state index contributed by atoms with van der Waals surface area (Å²) in [6.45, 7) is 8.73. The highest BCUT2D eigenvalue weighted by atomic mass is 79.9. The third-order valence-corrected chi connectivity index (χ3v) is 4.70. The number of piperidine rings is 1. The Kier molecular flexibility index (Phi) is 7.83. The molecule has 0 spiro atoms. The first-order valence-corrected chi connectivity index (χ1v) is 9.19. The first kappa shape index (κ1) is 18.7. The van der Waals surface area contributed by atoms with Crippen molar-refractivity contribution in [2.24, 2.45) is 11.8 Å². The van der Waals surface area contributed by atoms with E-state index in [0.29, 0.717) is 38.2 Å². The number of para-hydroxylation sites is 1. The van der Waals surface area contributed by atoms with Gasteiger partial charge >= 0.3 is 0 Å². The van der Waals surface area contributed by atoms with Crippen LogP contribution < -0.4 is 4.74 Å². The van der Waals surface area contributed by atoms with Crippen molar-refractivity contribution in [2.75, 3.05) is 39.5 Å². The third-order valence-electron chi connectivity index (χ3n) is 4.05. The minimum atomic E-state index is -0.434. The second-order valence-electron chi connectivity index (χ2n) is 6.67. The van der Waals surface area contributed by atoms with Gasteiger partial charge in [-0.2, -0.15) is 0 Å². The average Bonchev–Trinajstić information content (AvgIpc) is 2.47. The van der Waals surface area contributed by atoms with Gasteiger partial charge in [0.15, 0.2) is 0 Å². The van der Waals surface area contributed by atoms with E-state index in [9.17, 15) is 5.11 Å². The molecule has 1 saturated heterocycles. The molecule has 1 fully saturated rings. The van der Waals surface area contributed by atoms with Crippen molar-refractivity contribution < 1.29 is 14.6 Å². The van der Waals surface area contributed by atoms with E-state index in [1.165, 1.54) is 6.42 Å². The van der Waals surface area contributed by atoms with Crippen LogP contribution in [0.2, 0.25) is 0 Å². The van der Waals surface area contributed by atoms with Crippen LogP contribution in [-0.4, -0.2) is 55.6 Å². The fourth-order valence-electron chi connectivity index (χ4n) is 3.28. The second-order valence-corrected chi connectivity index (χ2v) is 7.53. The lowest BCUT2D eigenvalue weighted by Gasteiger charge is -2.35. The highest BCUT2D eigenvalue weighted by molar-refractivity contribution is 9.10. The molecule has 1 N–H and O–H groups in total. The summed E-state index contributed by atoms with van der Waals surface area (Å²) in [5.74, 6) is 2.24. The SMILES string of the molecule is C[C@@H]1C[C@@H](C)CN(C[C@@H](O)COCCOc2ccccc2Br)C1. The summed E-state index contributed by atoms with van der Waals surface area (Å²) in [7, 11) is 0. The maximum atomic E-state index is 10.1. The number of nitrogens with zero attached hydrogens (tertiary/aromatic N) is 1. The van der Waals surface area contributed by atoms with Gasteiger partial charge in [-0.25, -0.2) is 0 Å². The van der Waals surface area contributed by atoms with Crippen molar-refractivity contribution in [1.29, 1.82) is 0 Å². The minimum Gasteiger partial charge on any atom is -0.490 e. The van der Waals surface area contributed by atoms with E-state index in [-0.39, 0.29) is 0 Å². The number of benzene rings is 1. The first-order valence-electron chi connectivity index (χ1n) is 8.40. The number of hydrogen-bond acceptors (Lipinski definition) is 4. The van der Waals surface area contributed by atoms with Gasteiger partial charge in [-0.3, -0.25) is 0 Å². The smallest absolute Gasteiger partial charge is 0.133 e. The molecule has 1 aromatic carbocycles. The average molecular weight is 386 g/mol. The largest absolute Gasteiger partial charge is 0.490 e. The molecular weight excluding hydrogens is 358 g/mol. The third kappa shape index (κ3) is 6.79. The molecule has 1 aliphatic heterocycles. The molecule has 0 aromatic heterocycles. The van der Waals surface area contributed by atoms with E-state index in [0.717, 1.165) is 23.3 Å². The molecule has 0 unspecified atom stereocenters. The summed E-state index contributed by atoms with van der Waals surface area (Å²) in [6, 6.07) is 7.75. The first-order chi connectivity index (χ1) is 11.0. The Morgan fingerprint density at radius 1 is 1.22 bits per heavy atom. The van der Waals surface area contributed by atoms with Crippen LogP contribution in [0.15, 0.2) is 28.7 Å². The van der Waals surface area contributed by atoms with Crippen molar-refractivity contribution in [3.8, 4) is 5.75 Å². The molecule has 1 aromatic rings. The molecule has 3 atom stereocenters. The Morgan fingerprint density at radius 3 is 2.61 bits per heavy atom. The topological polar surface area (TPSA) is 41.9 Å². The lowest BCUT2D eigenvalue weighted by molar-refractivity contribution is -0.00215. The van der Waals surface area contributed by atoms with Gasteiger partial charge in [0.05, 0.1) is 23.8 Å². The molecule has 1 heterocycles. The van der Waals surface area contributed by atoms with E-state index in [2.05, 4.69) is 34.7 Å². The summed E-state index contributed by atoms with van der Waals surface area (Å²) in [5.41, 5.74) is 0. The molecule has 5 heteroatoms. The zero-order valence-electron chi connectivity index (χ0n) is 14.1. The lowest BCUT2D eigenvalue weighted by atomic mass is 9.92. The molecule has 130 valence electrons. The van der Waals surface area contributed by atoms with E-state index in [1.807, 2.05) is 24.3 Å². The van der Waals surface area contributed by atoms with E-state index < -0.39 is 6.10 Å². The van der Waals surface area contributed by atoms with Gasteiger partial charge in [-0.05, 0) is 46.3 Å². The predicted octanol–water partition coefficient (Wildman–Crippen LogP) is 3.18. The number of aliphatic hydroxyl groups is 1. The Morgan fingerprint density at radius 2 is 1.91 bits per heavy atom. The second kappa shape index (κ2) is 9.62. The van der Waals surface area contributed by atoms with Gasteiger partial charge in [0.25, 0.3) is 0 Å². The maximum absolute atomic E-state index is 10.1. The maximum Gasteiger partial charge on any atom is 0.133 e. The minimum absolute atomic E-state index is 0.360. The van der Waals surface area contributed by atoms with E-state index in [4.69, 9.17) is 9.47 Å². The van der Waals surface area contributed by atoms with Crippen molar-refractivity contribution in [1.82, 2.24) is 4.90 Å². The van der Waals surface area contributed by atoms with Crippen molar-refractivity contribution in [3.63, 3.8) is 0 Å². The van der Waals surface area contributed by atoms with Gasteiger partial charge in [-0.15, -0.1) is 0 Å². The van der Waals surface area contributed by atoms with Crippen LogP contribution in [0.3, 0.4) is 0 Å². The predicted molar refractivity (Wildman–Crippen MR) is 95.8 cm³/mol. The number of aliphatic hydroxyl groups excluding tert-OH is 1. The van der Waals surface area contributed by atoms with Crippen molar-refractivity contribution in [2.45, 2.75) is 26.4 Å². The summed E-state index contributed by atoms with van der Waals surface area (Å²) < 4.78 is 12.1. The van der Waals surface area contributed by atoms with Crippen LogP contribution in [-0.2, 0) is 4.74 Å². The van der Waals surface area contributed by atoms with Crippen LogP contribution in [0.25, 0.3) is 0 Å². The van der Waals surface area contributed by atoms with Gasteiger partial charge < -0.3 is 19.5 Å². The standard InChI is InChI=1S/C18H28BrNO3/c1-14-9-15(2)11-20(10-14)12-16(21)13-22-7-8-23-18-6-4-3-5-17(18)19/h3-6,14-16,21H,7-13H2,1-2H3/t14-,15-,16-/m1/s1. The normalized spacial score (nSPS) is 23.7. The zero-order valence-corrected chi connectivity index (χ0v) is 15.7. The van der Waals surface area contributed by atoms with Crippen LogP contribution in [0, 0.1) is 11.8 Å². The number of halogens is 1. The highest BCUT2D eigenvalue weighted by Gasteiger charge is 2.23. The van der Waals surface area contributed by atoms with Crippen LogP contribution in [0.1, 0.15) is 20.3 Å². The summed E-state index contributed by atoms with van der Waals surface area (Å²) in [6.07, 6.45) is 0.853. The fourth-order valence-corrected chi connectivity index (χ4v) is 3.68. The van der Waals surface area contributed by atoms with Gasteiger partial charge in [0.1, 0.15) is 12.4 Å². The molecule has 0 amide bonds. The van der Waals surface area contributed by atoms with Gasteiger partial charge in [0.2, 0.25) is 0 Å². The number of β-amino-alcohol motifs (C(OH)–C–C–N with tert-alkyl or cyclic N) is 1. The number of ether oxygens (including phenoxy) is 2. The Bertz CT molecular complexity index is 461. The van der Waals surface area contributed by atoms with Gasteiger partial charge in [-0.1, -0.05) is 26.0 Å². The Hall–Kier alpha value is -0.620. The molecule has 0 saturated carbocycles. The fraction of sp³-hybridized carbons (Fsp3) is 0.667. The van der Waals surface area contributed by atoms with E-state index in [1.54, 1.807) is 0 Å². The number of hydrogen-bond donors (Lipinski definition) is 1. The number of rotatable bonds is 8. The molecule has 4 nitrogen and oxygen atoms in total. The molecule has 0 bridgehead atoms. The molecule has 0 aliphatic carbocycles. The van der Waals surface area contributed by atoms with Gasteiger partial charge in [0, 0.05) is 19.6 Å². The molecule has 2 rings (SSSR count). The molecule has 1 aliphatic rings. The van der Waals surface area contributed by atoms with Crippen molar-refractivity contribution >= 4 is 15.9 Å². The van der Waals surface area contributed by atoms with Crippen LogP contribution in [0.5, 0.6) is 5.75 Å². The Balaban J connectivity index is 1.58. The summed E-state index contributed by atoms with van der Waals surface area (Å²) in [4.78, 5) is 2.35. The van der Waals surface area contributed by atoms with E-state index >= 15 is 0 Å². The van der Waals surface area contributed by atoms with Crippen LogP contribution >= 0.6 is 15.9 Å². The number of likely N-dealkylation sites (tertiary alicyclic amines) is 1. The van der Waals surface area contributed by atoms with Crippen molar-refractivity contribution in [3.05, 3.63) is 28.7 Å².